The third-order valence-corrected chi connectivity index (χ3v) is 6.29. The Morgan fingerprint density at radius 3 is 2.53 bits per heavy atom. The molecule has 0 spiro atoms. The molecule has 1 aromatic heterocycles. The predicted molar refractivity (Wildman–Crippen MR) is 113 cm³/mol. The van der Waals surface area contributed by atoms with Crippen molar-refractivity contribution in [3.05, 3.63) is 58.8 Å². The topological polar surface area (TPSA) is 111 Å². The van der Waals surface area contributed by atoms with Crippen LogP contribution < -0.4 is 10.0 Å². The molecule has 1 heterocycles. The minimum atomic E-state index is -3.58. The number of benzene rings is 2. The molecule has 8 nitrogen and oxygen atoms in total. The molecule has 0 aliphatic heterocycles. The lowest BCUT2D eigenvalue weighted by atomic mass is 10.1. The first-order valence-corrected chi connectivity index (χ1v) is 11.0. The molecule has 160 valence electrons. The van der Waals surface area contributed by atoms with E-state index in [0.29, 0.717) is 17.9 Å². The van der Waals surface area contributed by atoms with E-state index in [1.165, 1.54) is 19.2 Å². The first-order chi connectivity index (χ1) is 14.3. The fraction of sp³-hybridized carbons (Fsp3) is 0.333. The van der Waals surface area contributed by atoms with E-state index < -0.39 is 10.0 Å². The zero-order valence-corrected chi connectivity index (χ0v) is 18.0. The number of amides is 1. The highest BCUT2D eigenvalue weighted by atomic mass is 32.2. The van der Waals surface area contributed by atoms with Gasteiger partial charge in [0.2, 0.25) is 15.9 Å². The quantitative estimate of drug-likeness (QED) is 0.503. The highest BCUT2D eigenvalue weighted by molar-refractivity contribution is 7.89. The van der Waals surface area contributed by atoms with Crippen molar-refractivity contribution >= 4 is 26.9 Å². The summed E-state index contributed by atoms with van der Waals surface area (Å²) in [6.07, 6.45) is 0.103. The molecule has 0 aliphatic rings. The molecule has 2 N–H and O–H groups in total. The Hall–Kier alpha value is -2.75. The summed E-state index contributed by atoms with van der Waals surface area (Å²) >= 11 is 0. The summed E-state index contributed by atoms with van der Waals surface area (Å²) in [5.41, 5.74) is 4.26. The minimum Gasteiger partial charge on any atom is -0.383 e. The van der Waals surface area contributed by atoms with Gasteiger partial charge in [-0.25, -0.2) is 13.1 Å². The van der Waals surface area contributed by atoms with Gasteiger partial charge in [-0.3, -0.25) is 4.79 Å². The summed E-state index contributed by atoms with van der Waals surface area (Å²) in [6, 6.07) is 10.2. The van der Waals surface area contributed by atoms with Crippen molar-refractivity contribution in [1.29, 1.82) is 0 Å². The Labute approximate surface area is 175 Å². The van der Waals surface area contributed by atoms with Gasteiger partial charge in [-0.2, -0.15) is 0 Å². The first-order valence-electron chi connectivity index (χ1n) is 9.50. The van der Waals surface area contributed by atoms with E-state index in [4.69, 9.17) is 9.26 Å². The van der Waals surface area contributed by atoms with Crippen molar-refractivity contribution in [2.75, 3.05) is 20.3 Å². The molecule has 3 rings (SSSR count). The van der Waals surface area contributed by atoms with Crippen molar-refractivity contribution in [3.63, 3.8) is 0 Å². The summed E-state index contributed by atoms with van der Waals surface area (Å²) in [7, 11) is -2.07. The number of sulfonamides is 1. The molecule has 9 heteroatoms. The lowest BCUT2D eigenvalue weighted by molar-refractivity contribution is -0.120. The zero-order chi connectivity index (χ0) is 21.7. The van der Waals surface area contributed by atoms with E-state index in [2.05, 4.69) is 15.2 Å². The molecule has 0 saturated heterocycles. The molecule has 0 radical (unpaired) electrons. The number of methoxy groups -OCH3 is 1. The largest absolute Gasteiger partial charge is 0.383 e. The average Bonchev–Trinajstić information content (AvgIpc) is 3.08. The Balaban J connectivity index is 1.58. The molecule has 0 aliphatic carbocycles. The number of ether oxygens (including phenoxy) is 1. The summed E-state index contributed by atoms with van der Waals surface area (Å²) in [6.45, 7) is 4.78. The van der Waals surface area contributed by atoms with Gasteiger partial charge in [0.15, 0.2) is 5.58 Å². The Morgan fingerprint density at radius 2 is 1.83 bits per heavy atom. The number of carbonyl (C=O) groups is 1. The van der Waals surface area contributed by atoms with Crippen molar-refractivity contribution in [1.82, 2.24) is 15.2 Å². The Bertz CT molecular complexity index is 1140. The average molecular weight is 432 g/mol. The molecule has 30 heavy (non-hydrogen) atoms. The van der Waals surface area contributed by atoms with Gasteiger partial charge in [0, 0.05) is 25.6 Å². The van der Waals surface area contributed by atoms with Gasteiger partial charge in [0.25, 0.3) is 0 Å². The van der Waals surface area contributed by atoms with Gasteiger partial charge >= 0.3 is 0 Å². The molecule has 0 atom stereocenters. The summed E-state index contributed by atoms with van der Waals surface area (Å²) in [4.78, 5) is 12.5. The van der Waals surface area contributed by atoms with Crippen molar-refractivity contribution in [2.45, 2.75) is 31.7 Å². The molecule has 3 aromatic rings. The second kappa shape index (κ2) is 9.38. The number of nitrogens with one attached hydrogen (secondary N) is 2. The van der Waals surface area contributed by atoms with Crippen LogP contribution in [0.4, 0.5) is 0 Å². The maximum absolute atomic E-state index is 12.3. The SMILES string of the molecule is COCCNS(=O)(=O)c1ccc(CNC(=O)Cc2noc3cc(C)c(C)cc23)cc1. The smallest absolute Gasteiger partial charge is 0.240 e. The number of hydrogen-bond acceptors (Lipinski definition) is 6. The number of fused-ring (bicyclic) bond motifs is 1. The number of aryl methyl sites for hydroxylation is 2. The fourth-order valence-corrected chi connectivity index (χ4v) is 3.95. The summed E-state index contributed by atoms with van der Waals surface area (Å²) in [5, 5.41) is 7.69. The van der Waals surface area contributed by atoms with Crippen molar-refractivity contribution in [3.8, 4) is 0 Å². The second-order valence-electron chi connectivity index (χ2n) is 7.05. The van der Waals surface area contributed by atoms with Crippen LogP contribution in [0.15, 0.2) is 45.8 Å². The Morgan fingerprint density at radius 1 is 1.13 bits per heavy atom. The zero-order valence-electron chi connectivity index (χ0n) is 17.2. The maximum atomic E-state index is 12.3. The molecule has 0 saturated carbocycles. The predicted octanol–water partition coefficient (Wildman–Crippen LogP) is 2.23. The monoisotopic (exact) mass is 431 g/mol. The van der Waals surface area contributed by atoms with Gasteiger partial charge < -0.3 is 14.6 Å². The molecular formula is C21H25N3O5S. The maximum Gasteiger partial charge on any atom is 0.240 e. The summed E-state index contributed by atoms with van der Waals surface area (Å²) < 4.78 is 36.9. The third-order valence-electron chi connectivity index (χ3n) is 4.81. The van der Waals surface area contributed by atoms with Crippen LogP contribution in [0.3, 0.4) is 0 Å². The highest BCUT2D eigenvalue weighted by Gasteiger charge is 2.15. The molecule has 0 unspecified atom stereocenters. The van der Waals surface area contributed by atoms with Crippen molar-refractivity contribution in [2.24, 2.45) is 0 Å². The standard InChI is InChI=1S/C21H25N3O5S/c1-14-10-18-19(24-29-20(18)11-15(14)2)12-21(25)22-13-16-4-6-17(7-5-16)30(26,27)23-8-9-28-3/h4-7,10-11,23H,8-9,12-13H2,1-3H3,(H,22,25). The van der Waals surface area contributed by atoms with Gasteiger partial charge in [-0.1, -0.05) is 17.3 Å². The van der Waals surface area contributed by atoms with E-state index in [-0.39, 0.29) is 30.3 Å². The molecule has 1 amide bonds. The van der Waals surface area contributed by atoms with Crippen LogP contribution in [0.2, 0.25) is 0 Å². The minimum absolute atomic E-state index is 0.103. The molecule has 2 aromatic carbocycles. The van der Waals surface area contributed by atoms with E-state index in [0.717, 1.165) is 22.1 Å². The van der Waals surface area contributed by atoms with Crippen LogP contribution in [-0.4, -0.2) is 39.7 Å². The number of carbonyl (C=O) groups excluding carboxylic acids is 1. The Kier molecular flexibility index (Phi) is 6.86. The van der Waals surface area contributed by atoms with Crippen LogP contribution in [0.1, 0.15) is 22.4 Å². The van der Waals surface area contributed by atoms with Crippen LogP contribution in [0.5, 0.6) is 0 Å². The molecule has 0 bridgehead atoms. The number of aromatic nitrogens is 1. The van der Waals surface area contributed by atoms with Crippen molar-refractivity contribution < 1.29 is 22.5 Å². The highest BCUT2D eigenvalue weighted by Crippen LogP contribution is 2.23. The molecular weight excluding hydrogens is 406 g/mol. The first kappa shape index (κ1) is 21.9. The third kappa shape index (κ3) is 5.24. The van der Waals surface area contributed by atoms with Gasteiger partial charge in [0.1, 0.15) is 5.69 Å². The van der Waals surface area contributed by atoms with Crippen LogP contribution in [0.25, 0.3) is 11.0 Å². The van der Waals surface area contributed by atoms with E-state index in [1.807, 2.05) is 26.0 Å². The molecule has 0 fully saturated rings. The normalized spacial score (nSPS) is 11.7. The van der Waals surface area contributed by atoms with E-state index in [9.17, 15) is 13.2 Å². The lowest BCUT2D eigenvalue weighted by Crippen LogP contribution is -2.27. The number of hydrogen-bond donors (Lipinski definition) is 2. The number of nitrogens with zero attached hydrogens (tertiary/aromatic N) is 1. The van der Waals surface area contributed by atoms with Gasteiger partial charge in [-0.15, -0.1) is 0 Å². The fourth-order valence-electron chi connectivity index (χ4n) is 2.93. The second-order valence-corrected chi connectivity index (χ2v) is 8.82. The van der Waals surface area contributed by atoms with Crippen LogP contribution in [0, 0.1) is 13.8 Å². The van der Waals surface area contributed by atoms with Gasteiger partial charge in [-0.05, 0) is 54.8 Å². The van der Waals surface area contributed by atoms with Crippen LogP contribution >= 0.6 is 0 Å². The lowest BCUT2D eigenvalue weighted by Gasteiger charge is -2.08. The summed E-state index contributed by atoms with van der Waals surface area (Å²) in [5.74, 6) is -0.193. The van der Waals surface area contributed by atoms with E-state index in [1.54, 1.807) is 12.1 Å². The van der Waals surface area contributed by atoms with E-state index >= 15 is 0 Å². The number of rotatable bonds is 9. The van der Waals surface area contributed by atoms with Gasteiger partial charge in [0.05, 0.1) is 17.9 Å². The van der Waals surface area contributed by atoms with Crippen LogP contribution in [-0.2, 0) is 32.5 Å².